The first-order valence-electron chi connectivity index (χ1n) is 4.84. The van der Waals surface area contributed by atoms with Gasteiger partial charge in [-0.25, -0.2) is 4.39 Å². The molecule has 1 aromatic rings. The lowest BCUT2D eigenvalue weighted by Gasteiger charge is -2.41. The maximum Gasteiger partial charge on any atom is 0.123 e. The van der Waals surface area contributed by atoms with Crippen LogP contribution in [-0.2, 0) is 12.0 Å². The highest BCUT2D eigenvalue weighted by Gasteiger charge is 2.43. The second kappa shape index (κ2) is 2.32. The molecule has 0 amide bonds. The summed E-state index contributed by atoms with van der Waals surface area (Å²) in [5, 5.41) is 3.44. The molecule has 1 saturated heterocycles. The lowest BCUT2D eigenvalue weighted by atomic mass is 9.82. The molecule has 3 rings (SSSR count). The first-order valence-corrected chi connectivity index (χ1v) is 4.84. The Bertz CT molecular complexity index is 355. The van der Waals surface area contributed by atoms with Crippen LogP contribution < -0.4 is 5.32 Å². The molecule has 0 unspecified atom stereocenters. The third-order valence-electron chi connectivity index (χ3n) is 3.42. The molecule has 0 saturated carbocycles. The summed E-state index contributed by atoms with van der Waals surface area (Å²) in [6.45, 7) is 1.08. The summed E-state index contributed by atoms with van der Waals surface area (Å²) in [5.41, 5.74) is 2.68. The largest absolute Gasteiger partial charge is 0.307 e. The van der Waals surface area contributed by atoms with Gasteiger partial charge in [0.05, 0.1) is 0 Å². The summed E-state index contributed by atoms with van der Waals surface area (Å²) < 4.78 is 13.0. The molecular formula is C11H12FN. The predicted octanol–water partition coefficient (Wildman–Crippen LogP) is 1.96. The van der Waals surface area contributed by atoms with E-state index in [-0.39, 0.29) is 11.4 Å². The van der Waals surface area contributed by atoms with Crippen molar-refractivity contribution in [2.45, 2.75) is 24.8 Å². The molecule has 1 fully saturated rings. The number of benzene rings is 1. The lowest BCUT2D eigenvalue weighted by Crippen LogP contribution is -2.52. The fraction of sp³-hybridized carbons (Fsp3) is 0.455. The van der Waals surface area contributed by atoms with Crippen LogP contribution in [0.15, 0.2) is 18.2 Å². The standard InChI is InChI=1S/C11H12FN/c12-9-2-1-8-3-4-11(5-6-13-11)10(8)7-9/h1-2,7,13H,3-6H2/t11-/m1/s1. The van der Waals surface area contributed by atoms with Gasteiger partial charge in [-0.05, 0) is 49.1 Å². The van der Waals surface area contributed by atoms with Gasteiger partial charge in [0.25, 0.3) is 0 Å². The summed E-state index contributed by atoms with van der Waals surface area (Å²) >= 11 is 0. The molecule has 1 spiro atoms. The molecule has 68 valence electrons. The first kappa shape index (κ1) is 7.51. The normalized spacial score (nSPS) is 30.2. The second-order valence-electron chi connectivity index (χ2n) is 4.06. The fourth-order valence-corrected chi connectivity index (χ4v) is 2.56. The zero-order chi connectivity index (χ0) is 8.89. The van der Waals surface area contributed by atoms with Crippen molar-refractivity contribution >= 4 is 0 Å². The van der Waals surface area contributed by atoms with E-state index in [4.69, 9.17) is 0 Å². The van der Waals surface area contributed by atoms with Crippen LogP contribution in [0.2, 0.25) is 0 Å². The minimum atomic E-state index is -0.103. The molecule has 1 aliphatic heterocycles. The van der Waals surface area contributed by atoms with Gasteiger partial charge in [0, 0.05) is 5.54 Å². The quantitative estimate of drug-likeness (QED) is 0.638. The van der Waals surface area contributed by atoms with Crippen molar-refractivity contribution in [3.05, 3.63) is 35.1 Å². The molecule has 0 bridgehead atoms. The molecular weight excluding hydrogens is 165 g/mol. The van der Waals surface area contributed by atoms with Crippen molar-refractivity contribution in [1.29, 1.82) is 0 Å². The number of hydrogen-bond acceptors (Lipinski definition) is 1. The Kier molecular flexibility index (Phi) is 1.34. The van der Waals surface area contributed by atoms with Crippen molar-refractivity contribution in [1.82, 2.24) is 5.32 Å². The van der Waals surface area contributed by atoms with Gasteiger partial charge in [-0.2, -0.15) is 0 Å². The highest BCUT2D eigenvalue weighted by atomic mass is 19.1. The lowest BCUT2D eigenvalue weighted by molar-refractivity contribution is 0.209. The second-order valence-corrected chi connectivity index (χ2v) is 4.06. The Morgan fingerprint density at radius 1 is 1.31 bits per heavy atom. The molecule has 2 heteroatoms. The fourth-order valence-electron chi connectivity index (χ4n) is 2.56. The number of rotatable bonds is 0. The molecule has 13 heavy (non-hydrogen) atoms. The van der Waals surface area contributed by atoms with Gasteiger partial charge in [0.1, 0.15) is 5.82 Å². The van der Waals surface area contributed by atoms with Crippen LogP contribution in [0.5, 0.6) is 0 Å². The van der Waals surface area contributed by atoms with E-state index in [0.717, 1.165) is 19.4 Å². The molecule has 0 aromatic heterocycles. The molecule has 1 aromatic carbocycles. The minimum Gasteiger partial charge on any atom is -0.307 e. The average molecular weight is 177 g/mol. The van der Waals surface area contributed by atoms with Crippen molar-refractivity contribution in [3.63, 3.8) is 0 Å². The van der Waals surface area contributed by atoms with E-state index in [1.54, 1.807) is 12.1 Å². The predicted molar refractivity (Wildman–Crippen MR) is 49.0 cm³/mol. The van der Waals surface area contributed by atoms with E-state index in [1.807, 2.05) is 6.07 Å². The Balaban J connectivity index is 2.14. The molecule has 1 atom stereocenters. The zero-order valence-electron chi connectivity index (χ0n) is 7.44. The summed E-state index contributed by atoms with van der Waals surface area (Å²) in [6, 6.07) is 5.20. The van der Waals surface area contributed by atoms with Gasteiger partial charge in [-0.15, -0.1) is 0 Å². The topological polar surface area (TPSA) is 12.0 Å². The van der Waals surface area contributed by atoms with Gasteiger partial charge in [0.2, 0.25) is 0 Å². The molecule has 1 aliphatic carbocycles. The van der Waals surface area contributed by atoms with Gasteiger partial charge in [-0.3, -0.25) is 0 Å². The number of nitrogens with one attached hydrogen (secondary N) is 1. The van der Waals surface area contributed by atoms with Crippen molar-refractivity contribution in [3.8, 4) is 0 Å². The van der Waals surface area contributed by atoms with Gasteiger partial charge < -0.3 is 5.32 Å². The minimum absolute atomic E-state index is 0.103. The summed E-state index contributed by atoms with van der Waals surface area (Å²) in [5.74, 6) is -0.103. The highest BCUT2D eigenvalue weighted by molar-refractivity contribution is 5.40. The Hall–Kier alpha value is -0.890. The van der Waals surface area contributed by atoms with Crippen LogP contribution in [0.3, 0.4) is 0 Å². The molecule has 1 heterocycles. The van der Waals surface area contributed by atoms with Crippen LogP contribution >= 0.6 is 0 Å². The number of hydrogen-bond donors (Lipinski definition) is 1. The number of fused-ring (bicyclic) bond motifs is 2. The molecule has 0 radical (unpaired) electrons. The van der Waals surface area contributed by atoms with E-state index in [1.165, 1.54) is 17.5 Å². The van der Waals surface area contributed by atoms with Crippen LogP contribution in [0, 0.1) is 5.82 Å². The van der Waals surface area contributed by atoms with E-state index in [0.29, 0.717) is 0 Å². The Labute approximate surface area is 77.0 Å². The van der Waals surface area contributed by atoms with Crippen LogP contribution in [-0.4, -0.2) is 6.54 Å². The maximum atomic E-state index is 13.0. The summed E-state index contributed by atoms with van der Waals surface area (Å²) in [4.78, 5) is 0. The van der Waals surface area contributed by atoms with E-state index in [9.17, 15) is 4.39 Å². The monoisotopic (exact) mass is 177 g/mol. The van der Waals surface area contributed by atoms with Crippen molar-refractivity contribution in [2.24, 2.45) is 0 Å². The van der Waals surface area contributed by atoms with Crippen molar-refractivity contribution in [2.75, 3.05) is 6.54 Å². The smallest absolute Gasteiger partial charge is 0.123 e. The number of halogens is 1. The maximum absolute atomic E-state index is 13.0. The summed E-state index contributed by atoms with van der Waals surface area (Å²) in [7, 11) is 0. The molecule has 2 aliphatic rings. The van der Waals surface area contributed by atoms with Crippen LogP contribution in [0.4, 0.5) is 4.39 Å². The third kappa shape index (κ3) is 0.894. The van der Waals surface area contributed by atoms with Crippen LogP contribution in [0.1, 0.15) is 24.0 Å². The SMILES string of the molecule is Fc1ccc2c(c1)[C@]1(CCN1)CC2. The van der Waals surface area contributed by atoms with E-state index in [2.05, 4.69) is 5.32 Å². The number of aryl methyl sites for hydroxylation is 1. The van der Waals surface area contributed by atoms with E-state index >= 15 is 0 Å². The molecule has 1 N–H and O–H groups in total. The van der Waals surface area contributed by atoms with Crippen molar-refractivity contribution < 1.29 is 4.39 Å². The Morgan fingerprint density at radius 3 is 2.85 bits per heavy atom. The zero-order valence-corrected chi connectivity index (χ0v) is 7.44. The third-order valence-corrected chi connectivity index (χ3v) is 3.42. The highest BCUT2D eigenvalue weighted by Crippen LogP contribution is 2.43. The Morgan fingerprint density at radius 2 is 2.15 bits per heavy atom. The first-order chi connectivity index (χ1) is 6.30. The van der Waals surface area contributed by atoms with Gasteiger partial charge in [-0.1, -0.05) is 6.07 Å². The van der Waals surface area contributed by atoms with Crippen LogP contribution in [0.25, 0.3) is 0 Å². The van der Waals surface area contributed by atoms with E-state index < -0.39 is 0 Å². The average Bonchev–Trinajstić information content (AvgIpc) is 2.41. The molecule has 1 nitrogen and oxygen atoms in total. The summed E-state index contributed by atoms with van der Waals surface area (Å²) in [6.07, 6.45) is 3.41. The van der Waals surface area contributed by atoms with Gasteiger partial charge in [0.15, 0.2) is 0 Å². The van der Waals surface area contributed by atoms with Gasteiger partial charge >= 0.3 is 0 Å².